The molecule has 0 aromatic heterocycles. The molecular weight excluding hydrogens is 394 g/mol. The highest BCUT2D eigenvalue weighted by molar-refractivity contribution is 5.97. The maximum atomic E-state index is 12.3. The Morgan fingerprint density at radius 1 is 1.23 bits per heavy atom. The van der Waals surface area contributed by atoms with Crippen molar-refractivity contribution in [2.75, 3.05) is 24.8 Å². The van der Waals surface area contributed by atoms with Crippen molar-refractivity contribution in [1.29, 1.82) is 5.26 Å². The van der Waals surface area contributed by atoms with Crippen LogP contribution in [0.25, 0.3) is 6.08 Å². The van der Waals surface area contributed by atoms with Gasteiger partial charge in [-0.15, -0.1) is 0 Å². The van der Waals surface area contributed by atoms with Crippen LogP contribution in [0.2, 0.25) is 0 Å². The number of nitriles is 1. The van der Waals surface area contributed by atoms with E-state index >= 15 is 0 Å². The third-order valence-electron chi connectivity index (χ3n) is 4.05. The van der Waals surface area contributed by atoms with Gasteiger partial charge in [-0.3, -0.25) is 19.8 Å². The average molecular weight is 409 g/mol. The summed E-state index contributed by atoms with van der Waals surface area (Å²) in [6.07, 6.45) is 2.16. The Bertz CT molecular complexity index is 1040. The minimum absolute atomic E-state index is 0.0512. The van der Waals surface area contributed by atoms with E-state index in [0.717, 1.165) is 6.08 Å². The zero-order valence-corrected chi connectivity index (χ0v) is 15.5. The second kappa shape index (κ2) is 9.20. The van der Waals surface area contributed by atoms with Crippen LogP contribution in [0.15, 0.2) is 48.5 Å². The number of anilines is 1. The van der Waals surface area contributed by atoms with E-state index in [0.29, 0.717) is 11.4 Å². The lowest BCUT2D eigenvalue weighted by molar-refractivity contribution is -0.385. The largest absolute Gasteiger partial charge is 0.454 e. The molecule has 1 heterocycles. The number of para-hydroxylation sites is 1. The Labute approximate surface area is 170 Å². The molecule has 2 aromatic rings. The van der Waals surface area contributed by atoms with Crippen molar-refractivity contribution >= 4 is 29.3 Å². The predicted octanol–water partition coefficient (Wildman–Crippen LogP) is 2.44. The Kier molecular flexibility index (Phi) is 6.24. The molecular formula is C20H15N3O7. The Morgan fingerprint density at radius 2 is 1.93 bits per heavy atom. The maximum Gasteiger partial charge on any atom is 0.331 e. The summed E-state index contributed by atoms with van der Waals surface area (Å²) in [5, 5.41) is 20.2. The monoisotopic (exact) mass is 409 g/mol. The van der Waals surface area contributed by atoms with Crippen LogP contribution in [0.4, 0.5) is 11.4 Å². The summed E-state index contributed by atoms with van der Waals surface area (Å²) in [4.78, 5) is 36.1. The van der Waals surface area contributed by atoms with E-state index in [1.54, 1.807) is 30.3 Å². The number of nitro groups is 1. The van der Waals surface area contributed by atoms with Crippen LogP contribution < -0.4 is 14.4 Å². The van der Waals surface area contributed by atoms with E-state index in [9.17, 15) is 19.7 Å². The number of hydrogen-bond acceptors (Lipinski definition) is 8. The number of carbonyl (C=O) groups is 2. The van der Waals surface area contributed by atoms with Crippen LogP contribution in [0, 0.1) is 21.4 Å². The molecule has 0 saturated carbocycles. The quantitative estimate of drug-likeness (QED) is 0.224. The molecule has 152 valence electrons. The van der Waals surface area contributed by atoms with Crippen LogP contribution in [-0.2, 0) is 14.3 Å². The number of fused-ring (bicyclic) bond motifs is 1. The van der Waals surface area contributed by atoms with Crippen LogP contribution >= 0.6 is 0 Å². The minimum Gasteiger partial charge on any atom is -0.454 e. The first-order valence-electron chi connectivity index (χ1n) is 8.65. The standard InChI is InChI=1S/C20H15N3O7/c21-8-9-22(15-4-2-1-3-5-15)19(24)12-28-20(25)7-6-14-10-17-18(30-13-29-17)11-16(14)23(26)27/h1-7,10-11H,9,12-13H2/b7-6+. The van der Waals surface area contributed by atoms with E-state index < -0.39 is 23.4 Å². The van der Waals surface area contributed by atoms with Gasteiger partial charge in [-0.2, -0.15) is 5.26 Å². The zero-order chi connectivity index (χ0) is 21.5. The van der Waals surface area contributed by atoms with Gasteiger partial charge < -0.3 is 14.2 Å². The molecule has 1 aliphatic heterocycles. The molecule has 2 aromatic carbocycles. The van der Waals surface area contributed by atoms with E-state index in [1.165, 1.54) is 23.1 Å². The van der Waals surface area contributed by atoms with Gasteiger partial charge in [0.1, 0.15) is 6.54 Å². The van der Waals surface area contributed by atoms with Crippen molar-refractivity contribution in [1.82, 2.24) is 0 Å². The first kappa shape index (κ1) is 20.3. The average Bonchev–Trinajstić information content (AvgIpc) is 3.21. The van der Waals surface area contributed by atoms with Crippen LogP contribution in [0.3, 0.4) is 0 Å². The highest BCUT2D eigenvalue weighted by Crippen LogP contribution is 2.38. The number of ether oxygens (including phenoxy) is 3. The predicted molar refractivity (Wildman–Crippen MR) is 104 cm³/mol. The highest BCUT2D eigenvalue weighted by Gasteiger charge is 2.22. The summed E-state index contributed by atoms with van der Waals surface area (Å²) >= 11 is 0. The fourth-order valence-electron chi connectivity index (χ4n) is 2.66. The molecule has 0 saturated heterocycles. The molecule has 3 rings (SSSR count). The summed E-state index contributed by atoms with van der Waals surface area (Å²) in [5.41, 5.74) is 0.332. The molecule has 0 spiro atoms. The number of rotatable bonds is 7. The maximum absolute atomic E-state index is 12.3. The lowest BCUT2D eigenvalue weighted by Crippen LogP contribution is -2.34. The Hall–Kier alpha value is -4.39. The van der Waals surface area contributed by atoms with E-state index in [1.807, 2.05) is 6.07 Å². The van der Waals surface area contributed by atoms with Gasteiger partial charge in [0.25, 0.3) is 11.6 Å². The fraction of sp³-hybridized carbons (Fsp3) is 0.150. The lowest BCUT2D eigenvalue weighted by atomic mass is 10.1. The number of nitro benzene ring substituents is 1. The van der Waals surface area contributed by atoms with E-state index in [-0.39, 0.29) is 30.3 Å². The molecule has 1 aliphatic rings. The number of esters is 1. The van der Waals surface area contributed by atoms with Gasteiger partial charge in [-0.25, -0.2) is 4.79 Å². The molecule has 30 heavy (non-hydrogen) atoms. The van der Waals surface area contributed by atoms with Gasteiger partial charge >= 0.3 is 5.97 Å². The van der Waals surface area contributed by atoms with Gasteiger partial charge in [-0.05, 0) is 24.3 Å². The van der Waals surface area contributed by atoms with Gasteiger partial charge in [0.15, 0.2) is 18.1 Å². The fourth-order valence-corrected chi connectivity index (χ4v) is 2.66. The molecule has 10 nitrogen and oxygen atoms in total. The summed E-state index contributed by atoms with van der Waals surface area (Å²) in [5.74, 6) is -0.900. The minimum atomic E-state index is -0.875. The van der Waals surface area contributed by atoms with Crippen molar-refractivity contribution in [2.45, 2.75) is 0 Å². The molecule has 0 radical (unpaired) electrons. The molecule has 10 heteroatoms. The lowest BCUT2D eigenvalue weighted by Gasteiger charge is -2.19. The number of nitrogens with zero attached hydrogens (tertiary/aromatic N) is 3. The Balaban J connectivity index is 1.66. The van der Waals surface area contributed by atoms with Crippen molar-refractivity contribution in [3.05, 3.63) is 64.2 Å². The zero-order valence-electron chi connectivity index (χ0n) is 15.5. The molecule has 0 aliphatic carbocycles. The third kappa shape index (κ3) is 4.71. The van der Waals surface area contributed by atoms with Gasteiger partial charge in [-0.1, -0.05) is 18.2 Å². The molecule has 0 unspecified atom stereocenters. The summed E-state index contributed by atoms with van der Waals surface area (Å²) in [6, 6.07) is 12.9. The second-order valence-electron chi connectivity index (χ2n) is 5.94. The number of carbonyl (C=O) groups excluding carboxylic acids is 2. The normalized spacial score (nSPS) is 11.7. The van der Waals surface area contributed by atoms with Crippen LogP contribution in [0.5, 0.6) is 11.5 Å². The van der Waals surface area contributed by atoms with Gasteiger partial charge in [0.2, 0.25) is 6.79 Å². The second-order valence-corrected chi connectivity index (χ2v) is 5.94. The topological polar surface area (TPSA) is 132 Å². The first-order valence-corrected chi connectivity index (χ1v) is 8.65. The molecule has 0 bridgehead atoms. The van der Waals surface area contributed by atoms with E-state index in [2.05, 4.69) is 0 Å². The molecule has 1 amide bonds. The first-order chi connectivity index (χ1) is 14.5. The molecule has 0 fully saturated rings. The SMILES string of the molecule is N#CCN(C(=O)COC(=O)/C=C/c1cc2c(cc1[N+](=O)[O-])OCO2)c1ccccc1. The van der Waals surface area contributed by atoms with Crippen molar-refractivity contribution in [3.8, 4) is 17.6 Å². The van der Waals surface area contributed by atoms with Gasteiger partial charge in [0, 0.05) is 11.8 Å². The van der Waals surface area contributed by atoms with Crippen molar-refractivity contribution in [2.24, 2.45) is 0 Å². The van der Waals surface area contributed by atoms with Crippen LogP contribution in [-0.4, -0.2) is 36.7 Å². The van der Waals surface area contributed by atoms with E-state index in [4.69, 9.17) is 19.5 Å². The van der Waals surface area contributed by atoms with Gasteiger partial charge in [0.05, 0.1) is 22.6 Å². The number of hydrogen-bond donors (Lipinski definition) is 0. The third-order valence-corrected chi connectivity index (χ3v) is 4.05. The Morgan fingerprint density at radius 3 is 2.60 bits per heavy atom. The summed E-state index contributed by atoms with van der Waals surface area (Å²) in [6.45, 7) is -0.854. The smallest absolute Gasteiger partial charge is 0.331 e. The molecule has 0 N–H and O–H groups in total. The van der Waals surface area contributed by atoms with Crippen molar-refractivity contribution < 1.29 is 28.7 Å². The molecule has 0 atom stereocenters. The summed E-state index contributed by atoms with van der Waals surface area (Å²) < 4.78 is 15.2. The number of benzene rings is 2. The van der Waals surface area contributed by atoms with Crippen molar-refractivity contribution in [3.63, 3.8) is 0 Å². The highest BCUT2D eigenvalue weighted by atomic mass is 16.7. The summed E-state index contributed by atoms with van der Waals surface area (Å²) in [7, 11) is 0. The number of amides is 1. The van der Waals surface area contributed by atoms with Crippen LogP contribution in [0.1, 0.15) is 5.56 Å².